The number of aryl methyl sites for hydroxylation is 1. The molecular formula is C11H12NO4-. The third-order valence-corrected chi connectivity index (χ3v) is 1.98. The Morgan fingerprint density at radius 2 is 2.06 bits per heavy atom. The van der Waals surface area contributed by atoms with Gasteiger partial charge in [-0.25, -0.2) is 0 Å². The molecule has 86 valence electrons. The summed E-state index contributed by atoms with van der Waals surface area (Å²) in [5.41, 5.74) is 1.16. The highest BCUT2D eigenvalue weighted by atomic mass is 16.4. The molecule has 0 saturated carbocycles. The number of hydrogen-bond donors (Lipinski definition) is 2. The van der Waals surface area contributed by atoms with Crippen molar-refractivity contribution in [1.29, 1.82) is 0 Å². The van der Waals surface area contributed by atoms with Gasteiger partial charge in [-0.05, 0) is 31.0 Å². The van der Waals surface area contributed by atoms with E-state index in [4.69, 9.17) is 0 Å². The topological polar surface area (TPSA) is 89.5 Å². The van der Waals surface area contributed by atoms with E-state index in [1.165, 1.54) is 6.07 Å². The van der Waals surface area contributed by atoms with E-state index in [2.05, 4.69) is 5.32 Å². The van der Waals surface area contributed by atoms with Gasteiger partial charge < -0.3 is 20.3 Å². The molecule has 0 saturated heterocycles. The summed E-state index contributed by atoms with van der Waals surface area (Å²) in [6.45, 7) is 1.82. The highest BCUT2D eigenvalue weighted by Crippen LogP contribution is 2.23. The van der Waals surface area contributed by atoms with Crippen LogP contribution in [-0.2, 0) is 9.59 Å². The van der Waals surface area contributed by atoms with Crippen LogP contribution in [-0.4, -0.2) is 17.0 Å². The summed E-state index contributed by atoms with van der Waals surface area (Å²) in [6.07, 6.45) is -0.506. The number of hydrogen-bond acceptors (Lipinski definition) is 4. The SMILES string of the molecule is Cc1ccc(O)c(NC(=O)CCC(=O)[O-])c1. The van der Waals surface area contributed by atoms with Gasteiger partial charge in [0.2, 0.25) is 5.91 Å². The van der Waals surface area contributed by atoms with Gasteiger partial charge >= 0.3 is 0 Å². The number of carbonyl (C=O) groups is 2. The van der Waals surface area contributed by atoms with Crippen LogP contribution in [0.5, 0.6) is 5.75 Å². The van der Waals surface area contributed by atoms with E-state index in [1.54, 1.807) is 12.1 Å². The molecule has 0 heterocycles. The van der Waals surface area contributed by atoms with Gasteiger partial charge in [0, 0.05) is 12.4 Å². The number of phenols is 1. The Labute approximate surface area is 92.7 Å². The van der Waals surface area contributed by atoms with Crippen molar-refractivity contribution >= 4 is 17.6 Å². The number of aliphatic carboxylic acids is 1. The Kier molecular flexibility index (Phi) is 3.88. The van der Waals surface area contributed by atoms with Crippen LogP contribution < -0.4 is 10.4 Å². The summed E-state index contributed by atoms with van der Waals surface area (Å²) in [7, 11) is 0. The molecule has 0 fully saturated rings. The number of carboxylic acids is 1. The monoisotopic (exact) mass is 222 g/mol. The first kappa shape index (κ1) is 12.0. The summed E-state index contributed by atoms with van der Waals surface area (Å²) in [6, 6.07) is 4.77. The number of nitrogens with one attached hydrogen (secondary N) is 1. The molecule has 0 bridgehead atoms. The van der Waals surface area contributed by atoms with Crippen molar-refractivity contribution in [2.24, 2.45) is 0 Å². The van der Waals surface area contributed by atoms with E-state index in [1.807, 2.05) is 6.92 Å². The van der Waals surface area contributed by atoms with Gasteiger partial charge in [0.15, 0.2) is 0 Å². The predicted molar refractivity (Wildman–Crippen MR) is 55.7 cm³/mol. The van der Waals surface area contributed by atoms with Gasteiger partial charge in [-0.3, -0.25) is 4.79 Å². The Morgan fingerprint density at radius 3 is 2.69 bits per heavy atom. The van der Waals surface area contributed by atoms with Gasteiger partial charge in [-0.15, -0.1) is 0 Å². The van der Waals surface area contributed by atoms with Crippen LogP contribution in [0, 0.1) is 6.92 Å². The molecule has 0 unspecified atom stereocenters. The summed E-state index contributed by atoms with van der Waals surface area (Å²) >= 11 is 0. The maximum absolute atomic E-state index is 11.3. The molecule has 0 atom stereocenters. The van der Waals surface area contributed by atoms with Crippen LogP contribution in [0.1, 0.15) is 18.4 Å². The Morgan fingerprint density at radius 1 is 1.38 bits per heavy atom. The van der Waals surface area contributed by atoms with Gasteiger partial charge in [-0.2, -0.15) is 0 Å². The molecular weight excluding hydrogens is 210 g/mol. The fraction of sp³-hybridized carbons (Fsp3) is 0.273. The zero-order valence-electron chi connectivity index (χ0n) is 8.82. The minimum absolute atomic E-state index is 0.0487. The first-order chi connectivity index (χ1) is 7.49. The fourth-order valence-corrected chi connectivity index (χ4v) is 1.18. The smallest absolute Gasteiger partial charge is 0.224 e. The maximum atomic E-state index is 11.3. The summed E-state index contributed by atoms with van der Waals surface area (Å²) in [5, 5.41) is 22.0. The van der Waals surface area contributed by atoms with Crippen molar-refractivity contribution in [3.63, 3.8) is 0 Å². The number of phenolic OH excluding ortho intramolecular Hbond substituents is 1. The molecule has 1 aromatic carbocycles. The van der Waals surface area contributed by atoms with E-state index < -0.39 is 11.9 Å². The fourth-order valence-electron chi connectivity index (χ4n) is 1.18. The quantitative estimate of drug-likeness (QED) is 0.710. The van der Waals surface area contributed by atoms with Crippen molar-refractivity contribution < 1.29 is 19.8 Å². The molecule has 5 nitrogen and oxygen atoms in total. The Bertz CT molecular complexity index is 414. The average molecular weight is 222 g/mol. The van der Waals surface area contributed by atoms with Crippen LogP contribution >= 0.6 is 0 Å². The van der Waals surface area contributed by atoms with Crippen molar-refractivity contribution in [2.75, 3.05) is 5.32 Å². The van der Waals surface area contributed by atoms with Crippen LogP contribution in [0.2, 0.25) is 0 Å². The average Bonchev–Trinajstić information content (AvgIpc) is 2.20. The van der Waals surface area contributed by atoms with E-state index in [0.29, 0.717) is 0 Å². The number of anilines is 1. The largest absolute Gasteiger partial charge is 0.550 e. The number of carbonyl (C=O) groups excluding carboxylic acids is 2. The van der Waals surface area contributed by atoms with Crippen molar-refractivity contribution in [3.05, 3.63) is 23.8 Å². The lowest BCUT2D eigenvalue weighted by atomic mass is 10.2. The molecule has 5 heteroatoms. The van der Waals surface area contributed by atoms with Gasteiger partial charge in [0.1, 0.15) is 5.75 Å². The molecule has 0 aromatic heterocycles. The zero-order valence-corrected chi connectivity index (χ0v) is 8.82. The van der Waals surface area contributed by atoms with Crippen LogP contribution in [0.25, 0.3) is 0 Å². The molecule has 0 aliphatic heterocycles. The van der Waals surface area contributed by atoms with Gasteiger partial charge in [-0.1, -0.05) is 6.07 Å². The second-order valence-electron chi connectivity index (χ2n) is 3.44. The van der Waals surface area contributed by atoms with E-state index in [-0.39, 0.29) is 24.3 Å². The van der Waals surface area contributed by atoms with Gasteiger partial charge in [0.25, 0.3) is 0 Å². The van der Waals surface area contributed by atoms with E-state index in [0.717, 1.165) is 5.56 Å². The second kappa shape index (κ2) is 5.16. The van der Waals surface area contributed by atoms with Crippen LogP contribution in [0.4, 0.5) is 5.69 Å². The molecule has 1 amide bonds. The van der Waals surface area contributed by atoms with Gasteiger partial charge in [0.05, 0.1) is 5.69 Å². The van der Waals surface area contributed by atoms with E-state index in [9.17, 15) is 19.8 Å². The number of benzene rings is 1. The van der Waals surface area contributed by atoms with Crippen molar-refractivity contribution in [2.45, 2.75) is 19.8 Å². The standard InChI is InChI=1S/C11H13NO4/c1-7-2-3-9(13)8(6-7)12-10(14)4-5-11(15)16/h2-3,6,13H,4-5H2,1H3,(H,12,14)(H,15,16)/p-1. The third-order valence-electron chi connectivity index (χ3n) is 1.98. The number of amides is 1. The molecule has 0 aliphatic carbocycles. The normalized spacial score (nSPS) is 9.81. The Balaban J connectivity index is 2.62. The summed E-state index contributed by atoms with van der Waals surface area (Å²) in [5.74, 6) is -1.79. The van der Waals surface area contributed by atoms with E-state index >= 15 is 0 Å². The molecule has 0 spiro atoms. The number of carboxylic acid groups (broad SMARTS) is 1. The minimum atomic E-state index is -1.27. The minimum Gasteiger partial charge on any atom is -0.550 e. The molecule has 1 rings (SSSR count). The lowest BCUT2D eigenvalue weighted by molar-refractivity contribution is -0.305. The first-order valence-corrected chi connectivity index (χ1v) is 4.78. The van der Waals surface area contributed by atoms with Crippen molar-refractivity contribution in [3.8, 4) is 5.75 Å². The lowest BCUT2D eigenvalue weighted by Gasteiger charge is -2.08. The zero-order chi connectivity index (χ0) is 12.1. The summed E-state index contributed by atoms with van der Waals surface area (Å²) in [4.78, 5) is 21.4. The molecule has 16 heavy (non-hydrogen) atoms. The molecule has 0 aliphatic rings. The lowest BCUT2D eigenvalue weighted by Crippen LogP contribution is -2.24. The van der Waals surface area contributed by atoms with Crippen LogP contribution in [0.3, 0.4) is 0 Å². The maximum Gasteiger partial charge on any atom is 0.224 e. The molecule has 1 aromatic rings. The van der Waals surface area contributed by atoms with Crippen molar-refractivity contribution in [1.82, 2.24) is 0 Å². The van der Waals surface area contributed by atoms with Crippen LogP contribution in [0.15, 0.2) is 18.2 Å². The third kappa shape index (κ3) is 3.61. The molecule has 2 N–H and O–H groups in total. The second-order valence-corrected chi connectivity index (χ2v) is 3.44. The highest BCUT2D eigenvalue weighted by molar-refractivity contribution is 5.93. The number of rotatable bonds is 4. The highest BCUT2D eigenvalue weighted by Gasteiger charge is 2.06. The number of aromatic hydroxyl groups is 1. The first-order valence-electron chi connectivity index (χ1n) is 4.78. The molecule has 0 radical (unpaired) electrons. The summed E-state index contributed by atoms with van der Waals surface area (Å²) < 4.78 is 0. The Hall–Kier alpha value is -2.04. The predicted octanol–water partition coefficient (Wildman–Crippen LogP) is 0.169.